The van der Waals surface area contributed by atoms with Gasteiger partial charge in [0.15, 0.2) is 0 Å². The van der Waals surface area contributed by atoms with E-state index in [0.717, 1.165) is 79.8 Å². The molecule has 0 spiro atoms. The number of para-hydroxylation sites is 2. The van der Waals surface area contributed by atoms with Crippen LogP contribution >= 0.6 is 0 Å². The molecule has 0 bridgehead atoms. The molecule has 7 rings (SSSR count). The monoisotopic (exact) mass is 697 g/mol. The van der Waals surface area contributed by atoms with E-state index in [2.05, 4.69) is 20.9 Å². The third-order valence-corrected chi connectivity index (χ3v) is 9.21. The van der Waals surface area contributed by atoms with Crippen LogP contribution in [-0.4, -0.2) is 69.0 Å². The highest BCUT2D eigenvalue weighted by Crippen LogP contribution is 2.39. The topological polar surface area (TPSA) is 125 Å². The number of amides is 3. The zero-order valence-corrected chi connectivity index (χ0v) is 30.3. The van der Waals surface area contributed by atoms with Gasteiger partial charge in [0.05, 0.1) is 31.8 Å². The van der Waals surface area contributed by atoms with Crippen molar-refractivity contribution in [2.24, 2.45) is 0 Å². The second-order valence-corrected chi connectivity index (χ2v) is 13.0. The molecule has 0 atom stereocenters. The molecule has 3 amide bonds. The summed E-state index contributed by atoms with van der Waals surface area (Å²) in [5.41, 5.74) is 11.1. The van der Waals surface area contributed by atoms with Crippen molar-refractivity contribution < 1.29 is 23.9 Å². The molecule has 10 heteroatoms. The second-order valence-electron chi connectivity index (χ2n) is 13.0. The minimum absolute atomic E-state index is 0.0576. The first-order valence-electron chi connectivity index (χ1n) is 17.1. The van der Waals surface area contributed by atoms with Crippen LogP contribution in [0.15, 0.2) is 84.9 Å². The Balaban J connectivity index is 0.000000215. The van der Waals surface area contributed by atoms with Gasteiger partial charge in [0, 0.05) is 52.5 Å². The molecular formula is C42H43N5O5. The van der Waals surface area contributed by atoms with Gasteiger partial charge in [-0.2, -0.15) is 0 Å². The Kier molecular flexibility index (Phi) is 10.6. The first-order chi connectivity index (χ1) is 25.1. The minimum atomic E-state index is -0.171. The number of carbonyl (C=O) groups excluding carboxylic acids is 3. The number of benzene rings is 4. The van der Waals surface area contributed by atoms with Crippen molar-refractivity contribution in [1.82, 2.24) is 15.2 Å². The molecule has 4 N–H and O–H groups in total. The fourth-order valence-corrected chi connectivity index (χ4v) is 6.54. The summed E-state index contributed by atoms with van der Waals surface area (Å²) in [5, 5.41) is 8.80. The van der Waals surface area contributed by atoms with Crippen molar-refractivity contribution in [1.29, 1.82) is 0 Å². The van der Waals surface area contributed by atoms with Gasteiger partial charge in [0.25, 0.3) is 11.8 Å². The Morgan fingerprint density at radius 3 is 2.06 bits per heavy atom. The number of aromatic amines is 1. The van der Waals surface area contributed by atoms with E-state index in [1.165, 1.54) is 0 Å². The average molecular weight is 698 g/mol. The molecule has 0 saturated carbocycles. The van der Waals surface area contributed by atoms with Crippen LogP contribution < -0.4 is 25.4 Å². The zero-order chi connectivity index (χ0) is 36.9. The van der Waals surface area contributed by atoms with E-state index >= 15 is 0 Å². The number of H-pyrrole nitrogens is 1. The molecule has 5 aromatic rings. The second kappa shape index (κ2) is 15.4. The van der Waals surface area contributed by atoms with Gasteiger partial charge in [-0.05, 0) is 80.5 Å². The summed E-state index contributed by atoms with van der Waals surface area (Å²) >= 11 is 0. The van der Waals surface area contributed by atoms with Gasteiger partial charge in [-0.25, -0.2) is 0 Å². The number of likely N-dealkylation sites (N-methyl/N-ethyl adjacent to an activating group) is 1. The number of aryl methyl sites for hydroxylation is 1. The van der Waals surface area contributed by atoms with Crippen LogP contribution in [-0.2, 0) is 16.0 Å². The summed E-state index contributed by atoms with van der Waals surface area (Å²) in [6.07, 6.45) is 2.30. The van der Waals surface area contributed by atoms with Gasteiger partial charge in [-0.1, -0.05) is 60.7 Å². The molecule has 2 aliphatic heterocycles. The number of fused-ring (bicyclic) bond motifs is 2. The van der Waals surface area contributed by atoms with Crippen LogP contribution in [0.25, 0.3) is 33.9 Å². The van der Waals surface area contributed by atoms with Crippen LogP contribution in [0, 0.1) is 13.8 Å². The van der Waals surface area contributed by atoms with Crippen molar-refractivity contribution >= 4 is 40.7 Å². The largest absolute Gasteiger partial charge is 0.496 e. The van der Waals surface area contributed by atoms with Crippen molar-refractivity contribution in [3.05, 3.63) is 119 Å². The van der Waals surface area contributed by atoms with E-state index in [0.29, 0.717) is 24.1 Å². The Morgan fingerprint density at radius 2 is 1.42 bits per heavy atom. The highest BCUT2D eigenvalue weighted by atomic mass is 16.5. The lowest BCUT2D eigenvalue weighted by Crippen LogP contribution is -2.31. The number of nitrogens with one attached hydrogen (secondary N) is 4. The van der Waals surface area contributed by atoms with E-state index in [1.54, 1.807) is 14.2 Å². The summed E-state index contributed by atoms with van der Waals surface area (Å²) in [5.74, 6) is 1.38. The number of hydrogen-bond acceptors (Lipinski definition) is 6. The molecule has 52 heavy (non-hydrogen) atoms. The predicted octanol–water partition coefficient (Wildman–Crippen LogP) is 6.95. The molecule has 266 valence electrons. The number of aromatic nitrogens is 1. The number of carbonyl (C=O) groups is 3. The summed E-state index contributed by atoms with van der Waals surface area (Å²) in [6, 6.07) is 27.6. The summed E-state index contributed by atoms with van der Waals surface area (Å²) in [6.45, 7) is 5.10. The van der Waals surface area contributed by atoms with Crippen molar-refractivity contribution in [2.75, 3.05) is 52.0 Å². The quantitative estimate of drug-likeness (QED) is 0.124. The van der Waals surface area contributed by atoms with E-state index in [-0.39, 0.29) is 17.7 Å². The summed E-state index contributed by atoms with van der Waals surface area (Å²) in [4.78, 5) is 42.2. The van der Waals surface area contributed by atoms with E-state index in [1.807, 2.05) is 124 Å². The Morgan fingerprint density at radius 1 is 0.808 bits per heavy atom. The van der Waals surface area contributed by atoms with Gasteiger partial charge < -0.3 is 35.3 Å². The molecule has 10 nitrogen and oxygen atoms in total. The average Bonchev–Trinajstić information content (AvgIpc) is 3.77. The van der Waals surface area contributed by atoms with Gasteiger partial charge in [0.2, 0.25) is 5.91 Å². The maximum absolute atomic E-state index is 12.8. The first kappa shape index (κ1) is 35.7. The normalized spacial score (nSPS) is 13.6. The van der Waals surface area contributed by atoms with Gasteiger partial charge in [-0.3, -0.25) is 14.4 Å². The molecule has 2 aliphatic rings. The maximum Gasteiger partial charge on any atom is 0.256 e. The van der Waals surface area contributed by atoms with Gasteiger partial charge >= 0.3 is 0 Å². The Hall–Kier alpha value is -6.13. The number of rotatable bonds is 9. The van der Waals surface area contributed by atoms with E-state index in [9.17, 15) is 14.4 Å². The Bertz CT molecular complexity index is 2200. The Labute approximate surface area is 303 Å². The van der Waals surface area contributed by atoms with Crippen LogP contribution in [0.4, 0.5) is 11.4 Å². The van der Waals surface area contributed by atoms with Gasteiger partial charge in [0.1, 0.15) is 11.5 Å². The smallest absolute Gasteiger partial charge is 0.256 e. The number of ether oxygens (including phenoxy) is 2. The van der Waals surface area contributed by atoms with E-state index < -0.39 is 0 Å². The molecule has 0 unspecified atom stereocenters. The van der Waals surface area contributed by atoms with Crippen LogP contribution in [0.3, 0.4) is 0 Å². The SMILES string of the molecule is COc1ccccc1-c1ccc2c(c1)NC(=O)C2.COc1ccccc1-c1ccc2c(c1)NC(=O)C2=Cc1[nH]c(C)c(C(=O)NCCN(C)C)c1C. The lowest BCUT2D eigenvalue weighted by molar-refractivity contribution is -0.115. The minimum Gasteiger partial charge on any atom is -0.496 e. The zero-order valence-electron chi connectivity index (χ0n) is 30.3. The van der Waals surface area contributed by atoms with E-state index in [4.69, 9.17) is 9.47 Å². The molecule has 0 saturated heterocycles. The standard InChI is InChI=1S/C27H30N4O3.C15H13NO2/c1-16-22(29-17(2)25(16)27(33)28-12-13-31(3)4)15-21-20-11-10-18(14-23(20)30-26(21)32)19-8-6-7-9-24(19)34-5;1-18-14-5-3-2-4-12(14)10-6-7-11-9-15(17)16-13(11)8-10/h6-11,14-15,29H,12-13H2,1-5H3,(H,28,33)(H,30,32);2-8H,9H2,1H3,(H,16,17). The van der Waals surface area contributed by atoms with Crippen molar-refractivity contribution in [3.8, 4) is 33.8 Å². The van der Waals surface area contributed by atoms with Crippen LogP contribution in [0.1, 0.15) is 38.4 Å². The fraction of sp³-hybridized carbons (Fsp3) is 0.214. The van der Waals surface area contributed by atoms with Crippen molar-refractivity contribution in [2.45, 2.75) is 20.3 Å². The predicted molar refractivity (Wildman–Crippen MR) is 207 cm³/mol. The number of anilines is 2. The third-order valence-electron chi connectivity index (χ3n) is 9.21. The van der Waals surface area contributed by atoms with Crippen molar-refractivity contribution in [3.63, 3.8) is 0 Å². The molecule has 3 heterocycles. The number of hydrogen-bond donors (Lipinski definition) is 4. The van der Waals surface area contributed by atoms with Crippen LogP contribution in [0.5, 0.6) is 11.5 Å². The molecular weight excluding hydrogens is 654 g/mol. The maximum atomic E-state index is 12.8. The lowest BCUT2D eigenvalue weighted by Gasteiger charge is -2.10. The molecule has 1 aromatic heterocycles. The highest BCUT2D eigenvalue weighted by molar-refractivity contribution is 6.35. The summed E-state index contributed by atoms with van der Waals surface area (Å²) in [7, 11) is 7.24. The lowest BCUT2D eigenvalue weighted by atomic mass is 9.99. The van der Waals surface area contributed by atoms with Gasteiger partial charge in [-0.15, -0.1) is 0 Å². The third kappa shape index (κ3) is 7.47. The number of nitrogens with zero attached hydrogens (tertiary/aromatic N) is 1. The molecule has 0 aliphatic carbocycles. The fourth-order valence-electron chi connectivity index (χ4n) is 6.54. The summed E-state index contributed by atoms with van der Waals surface area (Å²) < 4.78 is 10.8. The first-order valence-corrected chi connectivity index (χ1v) is 17.1. The van der Waals surface area contributed by atoms with Crippen LogP contribution in [0.2, 0.25) is 0 Å². The number of methoxy groups -OCH3 is 2. The molecule has 4 aromatic carbocycles. The molecule has 0 radical (unpaired) electrons. The molecule has 0 fully saturated rings. The highest BCUT2D eigenvalue weighted by Gasteiger charge is 2.26.